The van der Waals surface area contributed by atoms with Gasteiger partial charge in [0, 0.05) is 28.6 Å². The SMILES string of the molecule is CC(C)CC(CN(C)C)NCc1ccc(Cl)cc1Br. The normalized spacial score (nSPS) is 13.3. The molecule has 0 spiro atoms. The smallest absolute Gasteiger partial charge is 0.0417 e. The van der Waals surface area contributed by atoms with E-state index in [9.17, 15) is 0 Å². The largest absolute Gasteiger partial charge is 0.309 e. The van der Waals surface area contributed by atoms with Crippen LogP contribution in [0.25, 0.3) is 0 Å². The average Bonchev–Trinajstić information content (AvgIpc) is 2.25. The molecule has 0 aliphatic carbocycles. The van der Waals surface area contributed by atoms with Crippen LogP contribution in [0.3, 0.4) is 0 Å². The Balaban J connectivity index is 2.59. The Labute approximate surface area is 130 Å². The van der Waals surface area contributed by atoms with E-state index in [1.54, 1.807) is 0 Å². The van der Waals surface area contributed by atoms with E-state index in [4.69, 9.17) is 11.6 Å². The summed E-state index contributed by atoms with van der Waals surface area (Å²) in [6.07, 6.45) is 1.18. The minimum absolute atomic E-state index is 0.512. The number of nitrogens with zero attached hydrogens (tertiary/aromatic N) is 1. The van der Waals surface area contributed by atoms with E-state index in [1.807, 2.05) is 12.1 Å². The molecule has 1 atom stereocenters. The number of hydrogen-bond acceptors (Lipinski definition) is 2. The Morgan fingerprint density at radius 3 is 2.53 bits per heavy atom. The second kappa shape index (κ2) is 8.25. The topological polar surface area (TPSA) is 15.3 Å². The van der Waals surface area contributed by atoms with Gasteiger partial charge in [0.25, 0.3) is 0 Å². The molecule has 0 aromatic heterocycles. The highest BCUT2D eigenvalue weighted by Gasteiger charge is 2.12. The first-order valence-corrected chi connectivity index (χ1v) is 7.87. The highest BCUT2D eigenvalue weighted by Crippen LogP contribution is 2.21. The van der Waals surface area contributed by atoms with Gasteiger partial charge in [0.2, 0.25) is 0 Å². The molecular weight excluding hydrogens is 324 g/mol. The molecule has 1 aromatic rings. The highest BCUT2D eigenvalue weighted by atomic mass is 79.9. The maximum atomic E-state index is 5.96. The summed E-state index contributed by atoms with van der Waals surface area (Å²) in [5.41, 5.74) is 1.25. The van der Waals surface area contributed by atoms with Gasteiger partial charge in [-0.3, -0.25) is 0 Å². The minimum Gasteiger partial charge on any atom is -0.309 e. The van der Waals surface area contributed by atoms with Crippen LogP contribution in [0.5, 0.6) is 0 Å². The van der Waals surface area contributed by atoms with Crippen LogP contribution in [0.2, 0.25) is 5.02 Å². The summed E-state index contributed by atoms with van der Waals surface area (Å²) in [4.78, 5) is 2.23. The number of likely N-dealkylation sites (N-methyl/N-ethyl adjacent to an activating group) is 1. The second-order valence-corrected chi connectivity index (χ2v) is 7.00. The van der Waals surface area contributed by atoms with E-state index in [-0.39, 0.29) is 0 Å². The number of hydrogen-bond donors (Lipinski definition) is 1. The standard InChI is InChI=1S/C15H24BrClN2/c1-11(2)7-14(10-19(3)4)18-9-12-5-6-13(17)8-15(12)16/h5-6,8,11,14,18H,7,9-10H2,1-4H3. The van der Waals surface area contributed by atoms with E-state index < -0.39 is 0 Å². The van der Waals surface area contributed by atoms with Crippen LogP contribution in [0.1, 0.15) is 25.8 Å². The van der Waals surface area contributed by atoms with Crippen molar-refractivity contribution < 1.29 is 0 Å². The summed E-state index contributed by atoms with van der Waals surface area (Å²) in [6, 6.07) is 6.47. The van der Waals surface area contributed by atoms with Crippen molar-refractivity contribution in [2.45, 2.75) is 32.9 Å². The third-order valence-corrected chi connectivity index (χ3v) is 3.91. The zero-order valence-corrected chi connectivity index (χ0v) is 14.6. The summed E-state index contributed by atoms with van der Waals surface area (Å²) in [5.74, 6) is 0.700. The lowest BCUT2D eigenvalue weighted by molar-refractivity contribution is 0.305. The molecule has 0 bridgehead atoms. The maximum Gasteiger partial charge on any atom is 0.0417 e. The van der Waals surface area contributed by atoms with E-state index in [2.05, 4.69) is 60.2 Å². The summed E-state index contributed by atoms with van der Waals surface area (Å²) < 4.78 is 1.07. The Morgan fingerprint density at radius 1 is 1.32 bits per heavy atom. The highest BCUT2D eigenvalue weighted by molar-refractivity contribution is 9.10. The van der Waals surface area contributed by atoms with Crippen molar-refractivity contribution in [2.75, 3.05) is 20.6 Å². The van der Waals surface area contributed by atoms with Crippen LogP contribution in [-0.2, 0) is 6.54 Å². The molecule has 19 heavy (non-hydrogen) atoms. The van der Waals surface area contributed by atoms with Crippen molar-refractivity contribution in [1.29, 1.82) is 0 Å². The fraction of sp³-hybridized carbons (Fsp3) is 0.600. The van der Waals surface area contributed by atoms with Crippen LogP contribution < -0.4 is 5.32 Å². The molecule has 0 saturated carbocycles. The summed E-state index contributed by atoms with van der Waals surface area (Å²) in [7, 11) is 4.24. The molecule has 1 unspecified atom stereocenters. The van der Waals surface area contributed by atoms with E-state index in [0.29, 0.717) is 12.0 Å². The number of rotatable bonds is 7. The Morgan fingerprint density at radius 2 is 2.00 bits per heavy atom. The van der Waals surface area contributed by atoms with E-state index in [0.717, 1.165) is 22.6 Å². The van der Waals surface area contributed by atoms with Gasteiger partial charge < -0.3 is 10.2 Å². The van der Waals surface area contributed by atoms with Gasteiger partial charge in [0.1, 0.15) is 0 Å². The van der Waals surface area contributed by atoms with Crippen molar-refractivity contribution >= 4 is 27.5 Å². The predicted molar refractivity (Wildman–Crippen MR) is 87.8 cm³/mol. The molecule has 0 amide bonds. The van der Waals surface area contributed by atoms with Gasteiger partial charge in [-0.25, -0.2) is 0 Å². The van der Waals surface area contributed by atoms with Crippen LogP contribution in [0, 0.1) is 5.92 Å². The molecule has 2 nitrogen and oxygen atoms in total. The average molecular weight is 348 g/mol. The molecule has 4 heteroatoms. The summed E-state index contributed by atoms with van der Waals surface area (Å²) >= 11 is 9.52. The third-order valence-electron chi connectivity index (χ3n) is 2.94. The fourth-order valence-corrected chi connectivity index (χ4v) is 2.97. The third kappa shape index (κ3) is 6.75. The predicted octanol–water partition coefficient (Wildman–Crippen LogP) is 4.17. The molecule has 0 aliphatic heterocycles. The van der Waals surface area contributed by atoms with Crippen molar-refractivity contribution in [3.05, 3.63) is 33.3 Å². The number of benzene rings is 1. The molecular formula is C15H24BrClN2. The molecule has 1 rings (SSSR count). The summed E-state index contributed by atoms with van der Waals surface area (Å²) in [6.45, 7) is 6.46. The molecule has 0 aliphatic rings. The lowest BCUT2D eigenvalue weighted by Gasteiger charge is -2.24. The zero-order valence-electron chi connectivity index (χ0n) is 12.2. The molecule has 108 valence electrons. The van der Waals surface area contributed by atoms with Gasteiger partial charge in [0.15, 0.2) is 0 Å². The van der Waals surface area contributed by atoms with Crippen molar-refractivity contribution in [3.8, 4) is 0 Å². The summed E-state index contributed by atoms with van der Waals surface area (Å²) in [5, 5.41) is 4.41. The Bertz CT molecular complexity index is 384. The first kappa shape index (κ1) is 17.0. The molecule has 0 saturated heterocycles. The van der Waals surface area contributed by atoms with Gasteiger partial charge in [-0.2, -0.15) is 0 Å². The maximum absolute atomic E-state index is 5.96. The first-order valence-electron chi connectivity index (χ1n) is 6.70. The van der Waals surface area contributed by atoms with Crippen molar-refractivity contribution in [2.24, 2.45) is 5.92 Å². The monoisotopic (exact) mass is 346 g/mol. The minimum atomic E-state index is 0.512. The van der Waals surface area contributed by atoms with Crippen molar-refractivity contribution in [3.63, 3.8) is 0 Å². The molecule has 0 radical (unpaired) electrons. The molecule has 0 fully saturated rings. The molecule has 1 N–H and O–H groups in total. The zero-order chi connectivity index (χ0) is 14.4. The number of nitrogens with one attached hydrogen (secondary N) is 1. The number of halogens is 2. The van der Waals surface area contributed by atoms with Gasteiger partial charge >= 0.3 is 0 Å². The van der Waals surface area contributed by atoms with Gasteiger partial charge in [0.05, 0.1) is 0 Å². The lowest BCUT2D eigenvalue weighted by atomic mass is 10.0. The molecule has 0 heterocycles. The fourth-order valence-electron chi connectivity index (χ4n) is 2.15. The Hall–Kier alpha value is -0.0900. The lowest BCUT2D eigenvalue weighted by Crippen LogP contribution is -2.38. The van der Waals surface area contributed by atoms with Crippen LogP contribution >= 0.6 is 27.5 Å². The van der Waals surface area contributed by atoms with E-state index >= 15 is 0 Å². The van der Waals surface area contributed by atoms with Gasteiger partial charge in [-0.15, -0.1) is 0 Å². The van der Waals surface area contributed by atoms with E-state index in [1.165, 1.54) is 12.0 Å². The Kier molecular flexibility index (Phi) is 7.37. The quantitative estimate of drug-likeness (QED) is 0.796. The van der Waals surface area contributed by atoms with Gasteiger partial charge in [-0.1, -0.05) is 47.4 Å². The van der Waals surface area contributed by atoms with Crippen LogP contribution in [-0.4, -0.2) is 31.6 Å². The van der Waals surface area contributed by atoms with Gasteiger partial charge in [-0.05, 0) is 44.1 Å². The van der Waals surface area contributed by atoms with Crippen LogP contribution in [0.15, 0.2) is 22.7 Å². The second-order valence-electron chi connectivity index (χ2n) is 5.71. The first-order chi connectivity index (χ1) is 8.88. The molecule has 1 aromatic carbocycles. The van der Waals surface area contributed by atoms with Crippen molar-refractivity contribution in [1.82, 2.24) is 10.2 Å². The van der Waals surface area contributed by atoms with Crippen LogP contribution in [0.4, 0.5) is 0 Å².